The molecule has 9 aromatic rings. The Balaban J connectivity index is 1.10. The van der Waals surface area contributed by atoms with Crippen LogP contribution in [-0.4, -0.2) is 0 Å². The Bertz CT molecular complexity index is 2440. The molecule has 0 radical (unpaired) electrons. The first-order valence-corrected chi connectivity index (χ1v) is 15.4. The summed E-state index contributed by atoms with van der Waals surface area (Å²) in [5.74, 6) is 0. The van der Waals surface area contributed by atoms with Crippen molar-refractivity contribution in [3.05, 3.63) is 170 Å². The molecule has 210 valence electrons. The minimum absolute atomic E-state index is 0.923. The first-order valence-electron chi connectivity index (χ1n) is 15.4. The van der Waals surface area contributed by atoms with Gasteiger partial charge in [-0.2, -0.15) is 0 Å². The van der Waals surface area contributed by atoms with Gasteiger partial charge in [0, 0.05) is 10.8 Å². The number of hydrogen-bond acceptors (Lipinski definition) is 1. The zero-order valence-corrected chi connectivity index (χ0v) is 24.6. The Morgan fingerprint density at radius 1 is 0.244 bits per heavy atom. The maximum Gasteiger partial charge on any atom is 0.135 e. The highest BCUT2D eigenvalue weighted by atomic mass is 16.3. The first kappa shape index (κ1) is 25.6. The van der Waals surface area contributed by atoms with Gasteiger partial charge < -0.3 is 4.42 Å². The molecule has 0 aliphatic heterocycles. The quantitative estimate of drug-likeness (QED) is 0.191. The van der Waals surface area contributed by atoms with E-state index in [0.29, 0.717) is 0 Å². The third-order valence-electron chi connectivity index (χ3n) is 9.10. The molecule has 0 atom stereocenters. The van der Waals surface area contributed by atoms with E-state index < -0.39 is 0 Å². The molecule has 1 aromatic heterocycles. The maximum absolute atomic E-state index is 6.04. The zero-order valence-electron chi connectivity index (χ0n) is 24.6. The van der Waals surface area contributed by atoms with E-state index in [1.165, 1.54) is 66.1 Å². The molecule has 1 heteroatoms. The summed E-state index contributed by atoms with van der Waals surface area (Å²) in [6, 6.07) is 61.0. The second-order valence-corrected chi connectivity index (χ2v) is 11.7. The van der Waals surface area contributed by atoms with Crippen LogP contribution >= 0.6 is 0 Å². The normalized spacial score (nSPS) is 11.6. The number of para-hydroxylation sites is 1. The van der Waals surface area contributed by atoms with Gasteiger partial charge >= 0.3 is 0 Å². The van der Waals surface area contributed by atoms with Gasteiger partial charge in [-0.1, -0.05) is 152 Å². The lowest BCUT2D eigenvalue weighted by Gasteiger charge is -2.18. The van der Waals surface area contributed by atoms with Crippen molar-refractivity contribution in [2.24, 2.45) is 0 Å². The van der Waals surface area contributed by atoms with Crippen LogP contribution in [0.25, 0.3) is 88.0 Å². The number of rotatable bonds is 4. The average Bonchev–Trinajstić information content (AvgIpc) is 3.49. The molecule has 9 rings (SSSR count). The predicted molar refractivity (Wildman–Crippen MR) is 190 cm³/mol. The molecule has 1 nitrogen and oxygen atoms in total. The molecule has 0 spiro atoms. The Labute approximate surface area is 261 Å². The molecule has 1 heterocycles. The summed E-state index contributed by atoms with van der Waals surface area (Å²) < 4.78 is 6.04. The number of furan rings is 1. The van der Waals surface area contributed by atoms with Crippen LogP contribution in [0.4, 0.5) is 0 Å². The summed E-state index contributed by atoms with van der Waals surface area (Å²) >= 11 is 0. The lowest BCUT2D eigenvalue weighted by Crippen LogP contribution is -1.90. The molecular formula is C44H28O. The van der Waals surface area contributed by atoms with Crippen LogP contribution in [0.2, 0.25) is 0 Å². The van der Waals surface area contributed by atoms with E-state index in [2.05, 4.69) is 158 Å². The molecule has 0 N–H and O–H groups in total. The fraction of sp³-hybridized carbons (Fsp3) is 0. The topological polar surface area (TPSA) is 13.1 Å². The van der Waals surface area contributed by atoms with E-state index in [0.717, 1.165) is 21.9 Å². The average molecular weight is 573 g/mol. The van der Waals surface area contributed by atoms with Crippen molar-refractivity contribution in [2.75, 3.05) is 0 Å². The van der Waals surface area contributed by atoms with E-state index in [1.807, 2.05) is 12.1 Å². The lowest BCUT2D eigenvalue weighted by atomic mass is 9.86. The third kappa shape index (κ3) is 4.24. The van der Waals surface area contributed by atoms with Crippen molar-refractivity contribution in [1.82, 2.24) is 0 Å². The van der Waals surface area contributed by atoms with Crippen LogP contribution in [0.3, 0.4) is 0 Å². The molecule has 0 unspecified atom stereocenters. The summed E-state index contributed by atoms with van der Waals surface area (Å²) in [5.41, 5.74) is 11.7. The van der Waals surface area contributed by atoms with Crippen LogP contribution < -0.4 is 0 Å². The molecule has 8 aromatic carbocycles. The van der Waals surface area contributed by atoms with Gasteiger partial charge in [-0.3, -0.25) is 0 Å². The van der Waals surface area contributed by atoms with Crippen LogP contribution in [0.15, 0.2) is 174 Å². The fourth-order valence-corrected chi connectivity index (χ4v) is 6.95. The summed E-state index contributed by atoms with van der Waals surface area (Å²) in [5, 5.41) is 7.40. The van der Waals surface area contributed by atoms with Crippen molar-refractivity contribution in [2.45, 2.75) is 0 Å². The lowest BCUT2D eigenvalue weighted by molar-refractivity contribution is 0.669. The van der Waals surface area contributed by atoms with E-state index >= 15 is 0 Å². The first-order chi connectivity index (χ1) is 22.3. The van der Waals surface area contributed by atoms with E-state index in [9.17, 15) is 0 Å². The van der Waals surface area contributed by atoms with Gasteiger partial charge in [0.2, 0.25) is 0 Å². The van der Waals surface area contributed by atoms with Crippen molar-refractivity contribution >= 4 is 43.5 Å². The Morgan fingerprint density at radius 2 is 0.622 bits per heavy atom. The van der Waals surface area contributed by atoms with Gasteiger partial charge in [0.1, 0.15) is 11.2 Å². The highest BCUT2D eigenvalue weighted by Crippen LogP contribution is 2.44. The molecule has 0 saturated carbocycles. The van der Waals surface area contributed by atoms with Gasteiger partial charge in [-0.05, 0) is 84.3 Å². The van der Waals surface area contributed by atoms with Gasteiger partial charge in [-0.25, -0.2) is 0 Å². The molecule has 0 amide bonds. The molecule has 0 aliphatic carbocycles. The highest BCUT2D eigenvalue weighted by Gasteiger charge is 2.16. The molecular weight excluding hydrogens is 544 g/mol. The summed E-state index contributed by atoms with van der Waals surface area (Å²) in [6.07, 6.45) is 0. The van der Waals surface area contributed by atoms with E-state index in [1.54, 1.807) is 0 Å². The largest absolute Gasteiger partial charge is 0.456 e. The number of fused-ring (bicyclic) bond motifs is 5. The minimum atomic E-state index is 0.923. The number of benzene rings is 8. The van der Waals surface area contributed by atoms with Crippen LogP contribution in [0.1, 0.15) is 0 Å². The van der Waals surface area contributed by atoms with Crippen LogP contribution in [0, 0.1) is 0 Å². The van der Waals surface area contributed by atoms with Gasteiger partial charge in [0.15, 0.2) is 0 Å². The van der Waals surface area contributed by atoms with Crippen LogP contribution in [0.5, 0.6) is 0 Å². The summed E-state index contributed by atoms with van der Waals surface area (Å²) in [4.78, 5) is 0. The summed E-state index contributed by atoms with van der Waals surface area (Å²) in [6.45, 7) is 0. The van der Waals surface area contributed by atoms with Gasteiger partial charge in [0.05, 0.1) is 0 Å². The second-order valence-electron chi connectivity index (χ2n) is 11.7. The molecule has 0 fully saturated rings. The predicted octanol–water partition coefficient (Wildman–Crippen LogP) is 12.6. The van der Waals surface area contributed by atoms with E-state index in [4.69, 9.17) is 4.42 Å². The fourth-order valence-electron chi connectivity index (χ4n) is 6.95. The molecule has 45 heavy (non-hydrogen) atoms. The molecule has 0 bridgehead atoms. The highest BCUT2D eigenvalue weighted by molar-refractivity contribution is 6.21. The van der Waals surface area contributed by atoms with Crippen molar-refractivity contribution in [3.8, 4) is 44.5 Å². The minimum Gasteiger partial charge on any atom is -0.456 e. The van der Waals surface area contributed by atoms with Crippen molar-refractivity contribution < 1.29 is 4.42 Å². The molecule has 0 saturated heterocycles. The standard InChI is InChI=1S/C44H28O/c1-2-10-32(11-3-1)43-36-13-4-6-15-38(36)44(39-16-7-5-14-37(39)43)33-24-22-30(23-25-33)29-18-20-31(21-19-29)34-26-27-42-40(28-34)35-12-8-9-17-41(35)45-42/h1-28H. The SMILES string of the molecule is c1ccc(-c2c3ccccc3c(-c3ccc(-c4ccc(-c5ccc6oc7ccccc7c6c5)cc4)cc3)c3ccccc23)cc1. The smallest absolute Gasteiger partial charge is 0.135 e. The van der Waals surface area contributed by atoms with E-state index in [-0.39, 0.29) is 0 Å². The number of hydrogen-bond donors (Lipinski definition) is 0. The summed E-state index contributed by atoms with van der Waals surface area (Å²) in [7, 11) is 0. The Morgan fingerprint density at radius 3 is 1.18 bits per heavy atom. The van der Waals surface area contributed by atoms with Gasteiger partial charge in [0.25, 0.3) is 0 Å². The monoisotopic (exact) mass is 572 g/mol. The van der Waals surface area contributed by atoms with Crippen molar-refractivity contribution in [3.63, 3.8) is 0 Å². The molecule has 0 aliphatic rings. The third-order valence-corrected chi connectivity index (χ3v) is 9.10. The maximum atomic E-state index is 6.04. The van der Waals surface area contributed by atoms with Crippen molar-refractivity contribution in [1.29, 1.82) is 0 Å². The van der Waals surface area contributed by atoms with Gasteiger partial charge in [-0.15, -0.1) is 0 Å². The second kappa shape index (κ2) is 10.4. The van der Waals surface area contributed by atoms with Crippen LogP contribution in [-0.2, 0) is 0 Å². The Hall–Kier alpha value is -5.92. The zero-order chi connectivity index (χ0) is 29.7. The Kier molecular flexibility index (Phi) is 5.89.